The normalized spacial score (nSPS) is 8.16. The van der Waals surface area contributed by atoms with Crippen LogP contribution in [0.15, 0.2) is 0 Å². The van der Waals surface area contributed by atoms with Gasteiger partial charge in [0.15, 0.2) is 0 Å². The van der Waals surface area contributed by atoms with E-state index in [0.29, 0.717) is 0 Å². The van der Waals surface area contributed by atoms with Crippen LogP contribution in [0.1, 0.15) is 105 Å². The minimum atomic E-state index is -0.750. The molecule has 0 aliphatic rings. The van der Waals surface area contributed by atoms with Crippen LogP contribution in [0.2, 0.25) is 0 Å². The fraction of sp³-hybridized carbons (Fsp3) is 0.889. The van der Waals surface area contributed by atoms with Crippen LogP contribution in [-0.4, -0.2) is 10.3 Å². The first kappa shape index (κ1) is 36.0. The number of thiocarbonyl (C=S) groups is 2. The van der Waals surface area contributed by atoms with Crippen LogP contribution in [0.4, 0.5) is 0 Å². The van der Waals surface area contributed by atoms with Crippen LogP contribution in [0.3, 0.4) is 0 Å². The molecular formula is C18H40N2O2S2Zn. The third-order valence-electron chi connectivity index (χ3n) is 2.91. The van der Waals surface area contributed by atoms with E-state index < -0.39 is 10.3 Å². The van der Waals surface area contributed by atoms with Crippen molar-refractivity contribution in [2.24, 2.45) is 11.5 Å². The second-order valence-corrected chi connectivity index (χ2v) is 6.27. The quantitative estimate of drug-likeness (QED) is 0.300. The predicted molar refractivity (Wildman–Crippen MR) is 112 cm³/mol. The summed E-state index contributed by atoms with van der Waals surface area (Å²) >= 11 is 7.52. The molecule has 0 bridgehead atoms. The van der Waals surface area contributed by atoms with Gasteiger partial charge < -0.3 is 21.7 Å². The molecule has 0 amide bonds. The molecule has 7 heteroatoms. The van der Waals surface area contributed by atoms with E-state index in [1.54, 1.807) is 0 Å². The first-order valence-electron chi connectivity index (χ1n) is 9.22. The van der Waals surface area contributed by atoms with Gasteiger partial charge in [-0.2, -0.15) is 0 Å². The molecule has 4 nitrogen and oxygen atoms in total. The van der Waals surface area contributed by atoms with Gasteiger partial charge in [0.1, 0.15) is 0 Å². The van der Waals surface area contributed by atoms with E-state index in [0.717, 1.165) is 0 Å². The second-order valence-electron chi connectivity index (χ2n) is 5.47. The first-order chi connectivity index (χ1) is 11.3. The van der Waals surface area contributed by atoms with E-state index >= 15 is 0 Å². The Labute approximate surface area is 180 Å². The summed E-state index contributed by atoms with van der Waals surface area (Å²) in [4.78, 5) is 0. The Balaban J connectivity index is -0.0000000739. The molecule has 0 saturated heterocycles. The van der Waals surface area contributed by atoms with Crippen LogP contribution in [0.5, 0.6) is 0 Å². The van der Waals surface area contributed by atoms with Crippen molar-refractivity contribution in [2.45, 2.75) is 105 Å². The van der Waals surface area contributed by atoms with Crippen LogP contribution in [0.25, 0.3) is 0 Å². The Hall–Kier alpha value is 0.00338. The maximum atomic E-state index is 9.04. The zero-order chi connectivity index (χ0) is 19.6. The molecule has 0 aromatic rings. The van der Waals surface area contributed by atoms with E-state index in [9.17, 15) is 0 Å². The topological polar surface area (TPSA) is 98.2 Å². The van der Waals surface area contributed by atoms with Crippen LogP contribution >= 0.6 is 24.4 Å². The number of nitrogens with two attached hydrogens (primary N) is 2. The summed E-state index contributed by atoms with van der Waals surface area (Å²) in [6, 6.07) is 0. The molecule has 0 radical (unpaired) electrons. The largest absolute Gasteiger partial charge is 2.00 e. The third-order valence-corrected chi connectivity index (χ3v) is 2.91. The molecular weight excluding hydrogens is 406 g/mol. The van der Waals surface area contributed by atoms with Gasteiger partial charge >= 0.3 is 19.5 Å². The average Bonchev–Trinajstić information content (AvgIpc) is 2.48. The summed E-state index contributed by atoms with van der Waals surface area (Å²) in [6.45, 7) is 9.02. The van der Waals surface area contributed by atoms with Gasteiger partial charge in [0.05, 0.1) is 0 Å². The second kappa shape index (κ2) is 39.2. The van der Waals surface area contributed by atoms with Crippen molar-refractivity contribution in [1.29, 1.82) is 0 Å². The maximum Gasteiger partial charge on any atom is 2.00 e. The van der Waals surface area contributed by atoms with E-state index in [2.05, 4.69) is 63.6 Å². The average molecular weight is 446 g/mol. The van der Waals surface area contributed by atoms with Gasteiger partial charge in [-0.05, 0) is 0 Å². The van der Waals surface area contributed by atoms with Gasteiger partial charge in [0.25, 0.3) is 0 Å². The molecule has 0 spiro atoms. The molecule has 0 heterocycles. The Morgan fingerprint density at radius 2 is 0.680 bits per heavy atom. The Kier molecular flexibility index (Phi) is 56.4. The molecule has 0 aromatic carbocycles. The van der Waals surface area contributed by atoms with Gasteiger partial charge in [-0.15, -0.1) is 0 Å². The molecule has 0 saturated carbocycles. The summed E-state index contributed by atoms with van der Waals surface area (Å²) in [5.41, 5.74) is 8.57. The van der Waals surface area contributed by atoms with Crippen molar-refractivity contribution in [3.05, 3.63) is 0 Å². The van der Waals surface area contributed by atoms with E-state index in [-0.39, 0.29) is 19.5 Å². The van der Waals surface area contributed by atoms with E-state index in [4.69, 9.17) is 10.2 Å². The van der Waals surface area contributed by atoms with Crippen molar-refractivity contribution in [2.75, 3.05) is 0 Å². The molecule has 0 aliphatic heterocycles. The summed E-state index contributed by atoms with van der Waals surface area (Å²) in [7, 11) is 0. The monoisotopic (exact) mass is 444 g/mol. The van der Waals surface area contributed by atoms with Crippen molar-refractivity contribution in [3.63, 3.8) is 0 Å². The van der Waals surface area contributed by atoms with E-state index in [1.165, 1.54) is 77.0 Å². The molecule has 25 heavy (non-hydrogen) atoms. The van der Waals surface area contributed by atoms with Crippen molar-refractivity contribution < 1.29 is 29.7 Å². The maximum absolute atomic E-state index is 9.04. The summed E-state index contributed by atoms with van der Waals surface area (Å²) < 4.78 is 0. The number of rotatable bonds is 10. The number of hydrogen-bond donors (Lipinski definition) is 2. The third kappa shape index (κ3) is 116. The molecule has 0 rings (SSSR count). The first-order valence-corrected chi connectivity index (χ1v) is 10.0. The molecule has 0 aliphatic carbocycles. The summed E-state index contributed by atoms with van der Waals surface area (Å²) in [6.07, 6.45) is 17.0. The molecule has 4 N–H and O–H groups in total. The fourth-order valence-electron chi connectivity index (χ4n) is 1.71. The van der Waals surface area contributed by atoms with Crippen LogP contribution < -0.4 is 21.7 Å². The fourth-order valence-corrected chi connectivity index (χ4v) is 1.71. The predicted octanol–water partition coefficient (Wildman–Crippen LogP) is 3.91. The Bertz CT molecular complexity index is 203. The smallest absolute Gasteiger partial charge is 0.852 e. The van der Waals surface area contributed by atoms with Gasteiger partial charge in [0.2, 0.25) is 0 Å². The molecule has 0 atom stereocenters. The molecule has 0 fully saturated rings. The van der Waals surface area contributed by atoms with E-state index in [1.807, 2.05) is 0 Å². The zero-order valence-electron chi connectivity index (χ0n) is 17.0. The molecule has 0 unspecified atom stereocenters. The van der Waals surface area contributed by atoms with Crippen molar-refractivity contribution in [1.82, 2.24) is 0 Å². The van der Waals surface area contributed by atoms with Gasteiger partial charge in [-0.1, -0.05) is 129 Å². The minimum Gasteiger partial charge on any atom is -0.852 e. The van der Waals surface area contributed by atoms with Gasteiger partial charge in [-0.3, -0.25) is 0 Å². The molecule has 148 valence electrons. The number of hydrogen-bond acceptors (Lipinski definition) is 4. The van der Waals surface area contributed by atoms with Gasteiger partial charge in [-0.25, -0.2) is 0 Å². The SMILES string of the molecule is CCCCCCCC.CCCCCCCC.NC([O-])=S.NC([O-])=S.[Zn+2]. The van der Waals surface area contributed by atoms with Crippen LogP contribution in [-0.2, 0) is 19.5 Å². The van der Waals surface area contributed by atoms with Gasteiger partial charge in [0, 0.05) is 10.3 Å². The zero-order valence-corrected chi connectivity index (χ0v) is 21.6. The molecule has 0 aromatic heterocycles. The standard InChI is InChI=1S/2C8H18.2CH3NOS.Zn/c2*1-3-5-7-8-6-4-2;2*2-1(3)4;/h2*3-8H2,1-2H3;2*(H3,2,3,4);/q;;;;+2/p-2. The minimum absolute atomic E-state index is 0. The van der Waals surface area contributed by atoms with Crippen molar-refractivity contribution >= 4 is 34.8 Å². The summed E-state index contributed by atoms with van der Waals surface area (Å²) in [5, 5.41) is 16.6. The van der Waals surface area contributed by atoms with Crippen LogP contribution in [0, 0.1) is 0 Å². The number of unbranched alkanes of at least 4 members (excludes halogenated alkanes) is 10. The Morgan fingerprint density at radius 1 is 0.560 bits per heavy atom. The Morgan fingerprint density at radius 3 is 0.760 bits per heavy atom. The van der Waals surface area contributed by atoms with Crippen molar-refractivity contribution in [3.8, 4) is 0 Å². The summed E-state index contributed by atoms with van der Waals surface area (Å²) in [5.74, 6) is 0.